The molecule has 0 radical (unpaired) electrons. The first kappa shape index (κ1) is 10.7. The van der Waals surface area contributed by atoms with Crippen LogP contribution in [0.4, 0.5) is 0 Å². The number of rotatable bonds is 3. The van der Waals surface area contributed by atoms with E-state index in [-0.39, 0.29) is 0 Å². The van der Waals surface area contributed by atoms with Crippen molar-refractivity contribution in [3.05, 3.63) is 45.9 Å². The van der Waals surface area contributed by atoms with Gasteiger partial charge in [-0.3, -0.25) is 0 Å². The van der Waals surface area contributed by atoms with Crippen LogP contribution in [-0.2, 0) is 6.61 Å². The van der Waals surface area contributed by atoms with Crippen molar-refractivity contribution in [1.82, 2.24) is 4.98 Å². The summed E-state index contributed by atoms with van der Waals surface area (Å²) in [6, 6.07) is 9.90. The van der Waals surface area contributed by atoms with Gasteiger partial charge < -0.3 is 4.74 Å². The van der Waals surface area contributed by atoms with Crippen LogP contribution in [0.1, 0.15) is 15.4 Å². The summed E-state index contributed by atoms with van der Waals surface area (Å²) in [4.78, 5) is 4.71. The minimum atomic E-state index is 0.413. The van der Waals surface area contributed by atoms with Crippen LogP contribution in [0.25, 0.3) is 0 Å². The molecule has 1 aromatic carbocycles. The number of nitrogens with zero attached hydrogens (tertiary/aromatic N) is 2. The first-order valence-corrected chi connectivity index (χ1v) is 5.64. The lowest BCUT2D eigenvalue weighted by Gasteiger charge is -2.03. The SMILES string of the molecule is Cc1cccc(OCc2ncc(C#N)s2)c1. The van der Waals surface area contributed by atoms with E-state index < -0.39 is 0 Å². The molecule has 0 aliphatic heterocycles. The largest absolute Gasteiger partial charge is 0.486 e. The molecule has 4 heteroatoms. The highest BCUT2D eigenvalue weighted by Gasteiger charge is 2.02. The molecule has 0 unspecified atom stereocenters. The van der Waals surface area contributed by atoms with Crippen molar-refractivity contribution in [1.29, 1.82) is 5.26 Å². The molecule has 3 nitrogen and oxygen atoms in total. The van der Waals surface area contributed by atoms with Gasteiger partial charge >= 0.3 is 0 Å². The van der Waals surface area contributed by atoms with Gasteiger partial charge in [-0.05, 0) is 24.6 Å². The molecule has 0 atom stereocenters. The van der Waals surface area contributed by atoms with Gasteiger partial charge in [0, 0.05) is 0 Å². The van der Waals surface area contributed by atoms with E-state index in [9.17, 15) is 0 Å². The van der Waals surface area contributed by atoms with E-state index in [1.165, 1.54) is 11.3 Å². The van der Waals surface area contributed by atoms with E-state index in [1.807, 2.05) is 31.2 Å². The predicted octanol–water partition coefficient (Wildman–Crippen LogP) is 2.90. The Balaban J connectivity index is 2.00. The quantitative estimate of drug-likeness (QED) is 0.814. The van der Waals surface area contributed by atoms with Gasteiger partial charge in [0.2, 0.25) is 0 Å². The molecule has 0 saturated carbocycles. The maximum atomic E-state index is 8.65. The van der Waals surface area contributed by atoms with Crippen molar-refractivity contribution in [3.63, 3.8) is 0 Å². The lowest BCUT2D eigenvalue weighted by atomic mass is 10.2. The summed E-state index contributed by atoms with van der Waals surface area (Å²) in [5, 5.41) is 9.47. The van der Waals surface area contributed by atoms with Gasteiger partial charge in [0.1, 0.15) is 28.3 Å². The molecule has 0 aliphatic rings. The second-order valence-electron chi connectivity index (χ2n) is 3.34. The monoisotopic (exact) mass is 230 g/mol. The smallest absolute Gasteiger partial charge is 0.140 e. The zero-order valence-corrected chi connectivity index (χ0v) is 9.62. The van der Waals surface area contributed by atoms with Gasteiger partial charge in [0.25, 0.3) is 0 Å². The normalized spacial score (nSPS) is 9.75. The van der Waals surface area contributed by atoms with Crippen LogP contribution in [-0.4, -0.2) is 4.98 Å². The molecule has 16 heavy (non-hydrogen) atoms. The Morgan fingerprint density at radius 3 is 3.06 bits per heavy atom. The Kier molecular flexibility index (Phi) is 3.18. The molecule has 1 heterocycles. The number of nitriles is 1. The Labute approximate surface area is 97.9 Å². The fourth-order valence-electron chi connectivity index (χ4n) is 1.28. The van der Waals surface area contributed by atoms with Crippen molar-refractivity contribution in [2.75, 3.05) is 0 Å². The first-order chi connectivity index (χ1) is 7.78. The number of aromatic nitrogens is 1. The summed E-state index contributed by atoms with van der Waals surface area (Å²) in [6.07, 6.45) is 1.57. The van der Waals surface area contributed by atoms with E-state index >= 15 is 0 Å². The fourth-order valence-corrected chi connectivity index (χ4v) is 1.91. The highest BCUT2D eigenvalue weighted by molar-refractivity contribution is 7.12. The third kappa shape index (κ3) is 2.59. The van der Waals surface area contributed by atoms with Crippen LogP contribution in [0.3, 0.4) is 0 Å². The van der Waals surface area contributed by atoms with E-state index in [2.05, 4.69) is 11.1 Å². The number of hydrogen-bond acceptors (Lipinski definition) is 4. The van der Waals surface area contributed by atoms with Crippen LogP contribution in [0.2, 0.25) is 0 Å². The summed E-state index contributed by atoms with van der Waals surface area (Å²) in [7, 11) is 0. The molecule has 0 N–H and O–H groups in total. The number of benzene rings is 1. The zero-order chi connectivity index (χ0) is 11.4. The summed E-state index contributed by atoms with van der Waals surface area (Å²) < 4.78 is 5.57. The van der Waals surface area contributed by atoms with Gasteiger partial charge in [0.15, 0.2) is 0 Å². The second-order valence-corrected chi connectivity index (χ2v) is 4.45. The second kappa shape index (κ2) is 4.77. The topological polar surface area (TPSA) is 45.9 Å². The highest BCUT2D eigenvalue weighted by atomic mass is 32.1. The zero-order valence-electron chi connectivity index (χ0n) is 8.80. The van der Waals surface area contributed by atoms with Crippen LogP contribution in [0.15, 0.2) is 30.5 Å². The molecule has 0 saturated heterocycles. The van der Waals surface area contributed by atoms with Crippen molar-refractivity contribution < 1.29 is 4.74 Å². The number of ether oxygens (including phenoxy) is 1. The van der Waals surface area contributed by atoms with Crippen LogP contribution in [0.5, 0.6) is 5.75 Å². The maximum Gasteiger partial charge on any atom is 0.140 e. The van der Waals surface area contributed by atoms with Crippen molar-refractivity contribution in [3.8, 4) is 11.8 Å². The molecule has 2 rings (SSSR count). The van der Waals surface area contributed by atoms with Gasteiger partial charge in [-0.15, -0.1) is 11.3 Å². The molecule has 1 aromatic heterocycles. The first-order valence-electron chi connectivity index (χ1n) is 4.82. The summed E-state index contributed by atoms with van der Waals surface area (Å²) >= 11 is 1.36. The minimum Gasteiger partial charge on any atom is -0.486 e. The Morgan fingerprint density at radius 1 is 1.50 bits per heavy atom. The van der Waals surface area contributed by atoms with Gasteiger partial charge in [-0.2, -0.15) is 5.26 Å². The average Bonchev–Trinajstić information content (AvgIpc) is 2.74. The third-order valence-electron chi connectivity index (χ3n) is 2.02. The lowest BCUT2D eigenvalue weighted by Crippen LogP contribution is -1.94. The summed E-state index contributed by atoms with van der Waals surface area (Å²) in [6.45, 7) is 2.43. The predicted molar refractivity (Wildman–Crippen MR) is 62.3 cm³/mol. The van der Waals surface area contributed by atoms with Crippen molar-refractivity contribution in [2.45, 2.75) is 13.5 Å². The molecule has 0 fully saturated rings. The molecular weight excluding hydrogens is 220 g/mol. The Hall–Kier alpha value is -1.86. The molecule has 0 bridgehead atoms. The van der Waals surface area contributed by atoms with Crippen LogP contribution in [0, 0.1) is 18.3 Å². The molecular formula is C12H10N2OS. The van der Waals surface area contributed by atoms with Gasteiger partial charge in [0.05, 0.1) is 6.20 Å². The number of aryl methyl sites for hydroxylation is 1. The van der Waals surface area contributed by atoms with Gasteiger partial charge in [-0.25, -0.2) is 4.98 Å². The van der Waals surface area contributed by atoms with E-state index in [0.717, 1.165) is 16.3 Å². The van der Waals surface area contributed by atoms with E-state index in [1.54, 1.807) is 6.20 Å². The van der Waals surface area contributed by atoms with E-state index in [4.69, 9.17) is 10.00 Å². The Bertz CT molecular complexity index is 528. The number of thiazole rings is 1. The minimum absolute atomic E-state index is 0.413. The summed E-state index contributed by atoms with van der Waals surface area (Å²) in [5.74, 6) is 0.828. The Morgan fingerprint density at radius 2 is 2.38 bits per heavy atom. The van der Waals surface area contributed by atoms with Crippen molar-refractivity contribution in [2.24, 2.45) is 0 Å². The van der Waals surface area contributed by atoms with Crippen molar-refractivity contribution >= 4 is 11.3 Å². The molecule has 0 amide bonds. The average molecular weight is 230 g/mol. The lowest BCUT2D eigenvalue weighted by molar-refractivity contribution is 0.305. The molecule has 80 valence electrons. The molecule has 2 aromatic rings. The number of hydrogen-bond donors (Lipinski definition) is 0. The maximum absolute atomic E-state index is 8.65. The van der Waals surface area contributed by atoms with Crippen LogP contribution < -0.4 is 4.74 Å². The highest BCUT2D eigenvalue weighted by Crippen LogP contribution is 2.17. The molecule has 0 aliphatic carbocycles. The van der Waals surface area contributed by atoms with Gasteiger partial charge in [-0.1, -0.05) is 12.1 Å². The summed E-state index contributed by atoms with van der Waals surface area (Å²) in [5.41, 5.74) is 1.16. The standard InChI is InChI=1S/C12H10N2OS/c1-9-3-2-4-10(5-9)15-8-12-14-7-11(6-13)16-12/h2-5,7H,8H2,1H3. The third-order valence-corrected chi connectivity index (χ3v) is 2.89. The molecule has 0 spiro atoms. The van der Waals surface area contributed by atoms with Crippen LogP contribution >= 0.6 is 11.3 Å². The fraction of sp³-hybridized carbons (Fsp3) is 0.167. The van der Waals surface area contributed by atoms with E-state index in [0.29, 0.717) is 11.5 Å².